The van der Waals surface area contributed by atoms with E-state index in [0.29, 0.717) is 33.7 Å². The molecule has 0 radical (unpaired) electrons. The van der Waals surface area contributed by atoms with E-state index in [1.54, 1.807) is 36.4 Å². The van der Waals surface area contributed by atoms with Crippen LogP contribution in [0.15, 0.2) is 41.2 Å². The summed E-state index contributed by atoms with van der Waals surface area (Å²) in [5.74, 6) is 0.788. The Bertz CT molecular complexity index is 886. The van der Waals surface area contributed by atoms with Gasteiger partial charge < -0.3 is 19.4 Å². The summed E-state index contributed by atoms with van der Waals surface area (Å²) in [6.07, 6.45) is -2.57. The molecule has 0 aliphatic heterocycles. The van der Waals surface area contributed by atoms with Crippen LogP contribution in [0.5, 0.6) is 11.5 Å². The van der Waals surface area contributed by atoms with E-state index in [1.165, 1.54) is 7.11 Å². The van der Waals surface area contributed by atoms with Crippen molar-refractivity contribution in [3.63, 3.8) is 0 Å². The topological polar surface area (TPSA) is 67.1 Å². The number of nitrogens with one attached hydrogen (secondary N) is 2. The summed E-state index contributed by atoms with van der Waals surface area (Å²) in [7, 11) is 1.49. The SMILES string of the molecule is COc1cccc(OCC(F)F)c1-c1ccc2[nH]c(=O)[nH]c2c1. The molecule has 0 aliphatic rings. The Labute approximate surface area is 129 Å². The van der Waals surface area contributed by atoms with Crippen molar-refractivity contribution in [2.75, 3.05) is 13.7 Å². The van der Waals surface area contributed by atoms with Gasteiger partial charge in [0.15, 0.2) is 0 Å². The van der Waals surface area contributed by atoms with Crippen LogP contribution in [0.2, 0.25) is 0 Å². The smallest absolute Gasteiger partial charge is 0.323 e. The number of methoxy groups -OCH3 is 1. The molecule has 7 heteroatoms. The van der Waals surface area contributed by atoms with Crippen LogP contribution in [0.4, 0.5) is 8.78 Å². The van der Waals surface area contributed by atoms with E-state index in [9.17, 15) is 13.6 Å². The molecule has 0 amide bonds. The minimum atomic E-state index is -2.57. The van der Waals surface area contributed by atoms with Crippen molar-refractivity contribution in [3.05, 3.63) is 46.9 Å². The van der Waals surface area contributed by atoms with Gasteiger partial charge >= 0.3 is 5.69 Å². The molecule has 0 aliphatic carbocycles. The Balaban J connectivity index is 2.12. The number of ether oxygens (including phenoxy) is 2. The van der Waals surface area contributed by atoms with Gasteiger partial charge in [0.2, 0.25) is 0 Å². The molecule has 3 aromatic rings. The Hall–Kier alpha value is -2.83. The van der Waals surface area contributed by atoms with Crippen molar-refractivity contribution < 1.29 is 18.3 Å². The van der Waals surface area contributed by atoms with Gasteiger partial charge in [-0.2, -0.15) is 0 Å². The van der Waals surface area contributed by atoms with E-state index in [4.69, 9.17) is 9.47 Å². The molecule has 120 valence electrons. The van der Waals surface area contributed by atoms with Crippen LogP contribution in [0.3, 0.4) is 0 Å². The Morgan fingerprint density at radius 1 is 1.09 bits per heavy atom. The van der Waals surface area contributed by atoms with Crippen molar-refractivity contribution in [3.8, 4) is 22.6 Å². The zero-order valence-electron chi connectivity index (χ0n) is 12.2. The third-order valence-electron chi connectivity index (χ3n) is 3.38. The van der Waals surface area contributed by atoms with Crippen molar-refractivity contribution in [1.29, 1.82) is 0 Å². The van der Waals surface area contributed by atoms with E-state index < -0.39 is 13.0 Å². The highest BCUT2D eigenvalue weighted by molar-refractivity contribution is 5.85. The first-order valence-corrected chi connectivity index (χ1v) is 6.89. The van der Waals surface area contributed by atoms with Gasteiger partial charge in [-0.1, -0.05) is 12.1 Å². The molecular formula is C16H14F2N2O3. The Morgan fingerprint density at radius 2 is 1.83 bits per heavy atom. The number of H-pyrrole nitrogens is 2. The number of imidazole rings is 1. The molecule has 0 atom stereocenters. The number of hydrogen-bond acceptors (Lipinski definition) is 3. The van der Waals surface area contributed by atoms with E-state index >= 15 is 0 Å². The summed E-state index contributed by atoms with van der Waals surface area (Å²) in [5, 5.41) is 0. The zero-order chi connectivity index (χ0) is 16.4. The fraction of sp³-hybridized carbons (Fsp3) is 0.188. The van der Waals surface area contributed by atoms with Crippen LogP contribution in [-0.4, -0.2) is 30.1 Å². The number of benzene rings is 2. The van der Waals surface area contributed by atoms with E-state index in [2.05, 4.69) is 9.97 Å². The van der Waals surface area contributed by atoms with E-state index in [-0.39, 0.29) is 5.69 Å². The van der Waals surface area contributed by atoms with Crippen LogP contribution >= 0.6 is 0 Å². The predicted molar refractivity (Wildman–Crippen MR) is 82.4 cm³/mol. The second-order valence-electron chi connectivity index (χ2n) is 4.87. The minimum absolute atomic E-state index is 0.293. The molecule has 3 rings (SSSR count). The lowest BCUT2D eigenvalue weighted by molar-refractivity contribution is 0.0821. The van der Waals surface area contributed by atoms with Crippen molar-refractivity contribution in [2.24, 2.45) is 0 Å². The zero-order valence-corrected chi connectivity index (χ0v) is 12.2. The molecule has 0 unspecified atom stereocenters. The van der Waals surface area contributed by atoms with Gasteiger partial charge in [0.25, 0.3) is 6.43 Å². The van der Waals surface area contributed by atoms with Crippen molar-refractivity contribution >= 4 is 11.0 Å². The second-order valence-corrected chi connectivity index (χ2v) is 4.87. The molecule has 2 N–H and O–H groups in total. The first-order valence-electron chi connectivity index (χ1n) is 6.89. The molecule has 0 spiro atoms. The second kappa shape index (κ2) is 6.12. The fourth-order valence-electron chi connectivity index (χ4n) is 2.43. The van der Waals surface area contributed by atoms with Crippen LogP contribution in [0.25, 0.3) is 22.2 Å². The van der Waals surface area contributed by atoms with E-state index in [0.717, 1.165) is 0 Å². The first kappa shape index (κ1) is 15.1. The number of hydrogen-bond donors (Lipinski definition) is 2. The number of aromatic nitrogens is 2. The van der Waals surface area contributed by atoms with Gasteiger partial charge in [-0.25, -0.2) is 13.6 Å². The van der Waals surface area contributed by atoms with Gasteiger partial charge in [0.05, 0.1) is 23.7 Å². The van der Waals surface area contributed by atoms with Gasteiger partial charge in [-0.3, -0.25) is 0 Å². The molecule has 5 nitrogen and oxygen atoms in total. The van der Waals surface area contributed by atoms with Crippen molar-refractivity contribution in [2.45, 2.75) is 6.43 Å². The lowest BCUT2D eigenvalue weighted by Crippen LogP contribution is -2.08. The summed E-state index contributed by atoms with van der Waals surface area (Å²) in [6.45, 7) is -0.705. The first-order chi connectivity index (χ1) is 11.1. The maximum Gasteiger partial charge on any atom is 0.323 e. The third kappa shape index (κ3) is 3.03. The average Bonchev–Trinajstić information content (AvgIpc) is 2.91. The standard InChI is InChI=1S/C16H14F2N2O3/c1-22-12-3-2-4-13(23-8-14(17)18)15(12)9-5-6-10-11(7-9)20-16(21)19-10/h2-7,14H,8H2,1H3,(H2,19,20,21). The highest BCUT2D eigenvalue weighted by Gasteiger charge is 2.15. The molecule has 1 aromatic heterocycles. The quantitative estimate of drug-likeness (QED) is 0.759. The lowest BCUT2D eigenvalue weighted by Gasteiger charge is -2.15. The number of halogens is 2. The van der Waals surface area contributed by atoms with Gasteiger partial charge in [0, 0.05) is 0 Å². The predicted octanol–water partition coefficient (Wildman–Crippen LogP) is 3.18. The van der Waals surface area contributed by atoms with Gasteiger partial charge in [0.1, 0.15) is 18.1 Å². The molecule has 0 saturated carbocycles. The third-order valence-corrected chi connectivity index (χ3v) is 3.38. The molecule has 0 saturated heterocycles. The molecule has 0 fully saturated rings. The molecule has 1 heterocycles. The summed E-state index contributed by atoms with van der Waals surface area (Å²) >= 11 is 0. The Kier molecular flexibility index (Phi) is 4.01. The maximum absolute atomic E-state index is 12.4. The number of rotatable bonds is 5. The highest BCUT2D eigenvalue weighted by atomic mass is 19.3. The average molecular weight is 320 g/mol. The largest absolute Gasteiger partial charge is 0.496 e. The monoisotopic (exact) mass is 320 g/mol. The Morgan fingerprint density at radius 3 is 2.57 bits per heavy atom. The van der Waals surface area contributed by atoms with Crippen LogP contribution in [0.1, 0.15) is 0 Å². The van der Waals surface area contributed by atoms with Crippen LogP contribution in [0, 0.1) is 0 Å². The summed E-state index contributed by atoms with van der Waals surface area (Å²) in [5.41, 5.74) is 2.20. The molecule has 2 aromatic carbocycles. The number of aromatic amines is 2. The summed E-state index contributed by atoms with van der Waals surface area (Å²) < 4.78 is 35.4. The maximum atomic E-state index is 12.4. The van der Waals surface area contributed by atoms with Crippen LogP contribution < -0.4 is 15.2 Å². The summed E-state index contributed by atoms with van der Waals surface area (Å²) in [4.78, 5) is 16.7. The fourth-order valence-corrected chi connectivity index (χ4v) is 2.43. The number of alkyl halides is 2. The highest BCUT2D eigenvalue weighted by Crippen LogP contribution is 2.39. The molecule has 23 heavy (non-hydrogen) atoms. The minimum Gasteiger partial charge on any atom is -0.496 e. The molecule has 0 bridgehead atoms. The van der Waals surface area contributed by atoms with Crippen molar-refractivity contribution in [1.82, 2.24) is 9.97 Å². The lowest BCUT2D eigenvalue weighted by atomic mass is 10.0. The van der Waals surface area contributed by atoms with E-state index in [1.807, 2.05) is 0 Å². The van der Waals surface area contributed by atoms with Gasteiger partial charge in [-0.05, 0) is 29.8 Å². The molecular weight excluding hydrogens is 306 g/mol. The normalized spacial score (nSPS) is 11.1. The summed E-state index contributed by atoms with van der Waals surface area (Å²) in [6, 6.07) is 10.2. The number of fused-ring (bicyclic) bond motifs is 1. The van der Waals surface area contributed by atoms with Gasteiger partial charge in [-0.15, -0.1) is 0 Å². The van der Waals surface area contributed by atoms with Crippen LogP contribution in [-0.2, 0) is 0 Å².